The third-order valence-corrected chi connectivity index (χ3v) is 2.62. The van der Waals surface area contributed by atoms with Gasteiger partial charge in [-0.2, -0.15) is 0 Å². The van der Waals surface area contributed by atoms with Gasteiger partial charge in [0.1, 0.15) is 5.56 Å². The minimum Gasteiger partial charge on any atom is -0.459 e. The van der Waals surface area contributed by atoms with Gasteiger partial charge in [-0.3, -0.25) is 10.1 Å². The zero-order chi connectivity index (χ0) is 13.0. The van der Waals surface area contributed by atoms with Crippen LogP contribution in [0.15, 0.2) is 18.2 Å². The summed E-state index contributed by atoms with van der Waals surface area (Å²) in [5.74, 6) is -0.665. The van der Waals surface area contributed by atoms with E-state index >= 15 is 0 Å². The normalized spacial score (nSPS) is 10.4. The van der Waals surface area contributed by atoms with E-state index < -0.39 is 10.9 Å². The van der Waals surface area contributed by atoms with Gasteiger partial charge in [0.05, 0.1) is 11.0 Å². The largest absolute Gasteiger partial charge is 0.459 e. The van der Waals surface area contributed by atoms with E-state index in [0.29, 0.717) is 10.9 Å². The first kappa shape index (κ1) is 13.6. The zero-order valence-corrected chi connectivity index (χ0v) is 11.1. The smallest absolute Gasteiger partial charge is 0.345 e. The number of benzene rings is 1. The maximum Gasteiger partial charge on any atom is 0.345 e. The molecule has 0 spiro atoms. The first-order valence-electron chi connectivity index (χ1n) is 5.00. The van der Waals surface area contributed by atoms with Gasteiger partial charge in [0.15, 0.2) is 0 Å². The predicted octanol–water partition coefficient (Wildman–Crippen LogP) is 3.05. The third-order valence-electron chi connectivity index (χ3n) is 2.02. The Balaban J connectivity index is 3.26. The van der Waals surface area contributed by atoms with Crippen molar-refractivity contribution < 1.29 is 14.5 Å². The van der Waals surface area contributed by atoms with Gasteiger partial charge in [-0.15, -0.1) is 0 Å². The van der Waals surface area contributed by atoms with E-state index in [1.807, 2.05) is 0 Å². The molecule has 0 aliphatic rings. The maximum atomic E-state index is 11.8. The summed E-state index contributed by atoms with van der Waals surface area (Å²) in [5, 5.41) is 11.2. The Bertz CT molecular complexity index is 445. The molecule has 0 heterocycles. The second kappa shape index (κ2) is 5.77. The minimum atomic E-state index is -0.665. The number of halogens is 1. The van der Waals surface area contributed by atoms with Crippen molar-refractivity contribution in [3.63, 3.8) is 0 Å². The lowest BCUT2D eigenvalue weighted by Crippen LogP contribution is -2.15. The van der Waals surface area contributed by atoms with E-state index in [1.54, 1.807) is 26.0 Å². The van der Waals surface area contributed by atoms with Crippen LogP contribution >= 0.6 is 15.9 Å². The fourth-order valence-electron chi connectivity index (χ4n) is 1.36. The molecule has 6 heteroatoms. The molecule has 0 N–H and O–H groups in total. The van der Waals surface area contributed by atoms with Gasteiger partial charge in [0, 0.05) is 11.4 Å². The van der Waals surface area contributed by atoms with Crippen molar-refractivity contribution in [2.45, 2.75) is 25.3 Å². The van der Waals surface area contributed by atoms with Crippen molar-refractivity contribution in [2.24, 2.45) is 0 Å². The number of rotatable bonds is 4. The average Bonchev–Trinajstić information content (AvgIpc) is 2.26. The highest BCUT2D eigenvalue weighted by atomic mass is 79.9. The van der Waals surface area contributed by atoms with E-state index in [4.69, 9.17) is 4.74 Å². The maximum absolute atomic E-state index is 11.8. The number of esters is 1. The standard InChI is InChI=1S/C11H12BrNO4/c1-7(2)17-11(14)10-8(6-12)4-3-5-9(10)13(15)16/h3-5,7H,6H2,1-2H3. The fourth-order valence-corrected chi connectivity index (χ4v) is 1.83. The lowest BCUT2D eigenvalue weighted by atomic mass is 10.1. The van der Waals surface area contributed by atoms with Crippen LogP contribution in [0, 0.1) is 10.1 Å². The molecule has 0 aliphatic heterocycles. The van der Waals surface area contributed by atoms with Crippen molar-refractivity contribution in [2.75, 3.05) is 0 Å². The number of hydrogen-bond donors (Lipinski definition) is 0. The Morgan fingerprint density at radius 1 is 1.53 bits per heavy atom. The second-order valence-corrected chi connectivity index (χ2v) is 4.22. The number of hydrogen-bond acceptors (Lipinski definition) is 4. The van der Waals surface area contributed by atoms with Crippen LogP contribution in [-0.4, -0.2) is 17.0 Å². The van der Waals surface area contributed by atoms with E-state index in [2.05, 4.69) is 15.9 Å². The molecule has 0 saturated heterocycles. The molecule has 0 fully saturated rings. The Kier molecular flexibility index (Phi) is 4.62. The van der Waals surface area contributed by atoms with Crippen LogP contribution in [0.5, 0.6) is 0 Å². The molecule has 17 heavy (non-hydrogen) atoms. The van der Waals surface area contributed by atoms with Crippen molar-refractivity contribution in [1.29, 1.82) is 0 Å². The Labute approximate surface area is 107 Å². The van der Waals surface area contributed by atoms with Crippen molar-refractivity contribution in [3.8, 4) is 0 Å². The summed E-state index contributed by atoms with van der Waals surface area (Å²) < 4.78 is 5.01. The SMILES string of the molecule is CC(C)OC(=O)c1c(CBr)cccc1[N+](=O)[O-]. The van der Waals surface area contributed by atoms with Crippen molar-refractivity contribution >= 4 is 27.6 Å². The summed E-state index contributed by atoms with van der Waals surface area (Å²) in [6.45, 7) is 3.39. The van der Waals surface area contributed by atoms with E-state index in [0.717, 1.165) is 0 Å². The molecule has 0 unspecified atom stereocenters. The predicted molar refractivity (Wildman–Crippen MR) is 66.3 cm³/mol. The molecular weight excluding hydrogens is 290 g/mol. The van der Waals surface area contributed by atoms with Crippen LogP contribution < -0.4 is 0 Å². The summed E-state index contributed by atoms with van der Waals surface area (Å²) in [6, 6.07) is 4.49. The Morgan fingerprint density at radius 3 is 2.65 bits per heavy atom. The summed E-state index contributed by atoms with van der Waals surface area (Å²) in [4.78, 5) is 22.1. The lowest BCUT2D eigenvalue weighted by Gasteiger charge is -2.10. The molecule has 0 aliphatic carbocycles. The number of nitro benzene ring substituents is 1. The monoisotopic (exact) mass is 301 g/mol. The first-order valence-corrected chi connectivity index (χ1v) is 6.12. The van der Waals surface area contributed by atoms with Crippen LogP contribution in [-0.2, 0) is 10.1 Å². The van der Waals surface area contributed by atoms with Crippen molar-refractivity contribution in [1.82, 2.24) is 0 Å². The number of nitrogens with zero attached hydrogens (tertiary/aromatic N) is 1. The van der Waals surface area contributed by atoms with Gasteiger partial charge in [-0.1, -0.05) is 28.1 Å². The van der Waals surface area contributed by atoms with Crippen LogP contribution in [0.25, 0.3) is 0 Å². The summed E-state index contributed by atoms with van der Waals surface area (Å²) in [6.07, 6.45) is -0.314. The summed E-state index contributed by atoms with van der Waals surface area (Å²) >= 11 is 3.20. The van der Waals surface area contributed by atoms with E-state index in [9.17, 15) is 14.9 Å². The van der Waals surface area contributed by atoms with Gasteiger partial charge >= 0.3 is 5.97 Å². The first-order chi connectivity index (χ1) is 7.97. The summed E-state index contributed by atoms with van der Waals surface area (Å²) in [7, 11) is 0. The average molecular weight is 302 g/mol. The van der Waals surface area contributed by atoms with Gasteiger partial charge in [-0.05, 0) is 19.4 Å². The molecule has 5 nitrogen and oxygen atoms in total. The van der Waals surface area contributed by atoms with Crippen LogP contribution in [0.2, 0.25) is 0 Å². The molecule has 0 aromatic heterocycles. The molecule has 0 bridgehead atoms. The lowest BCUT2D eigenvalue weighted by molar-refractivity contribution is -0.385. The fraction of sp³-hybridized carbons (Fsp3) is 0.364. The molecule has 1 rings (SSSR count). The van der Waals surface area contributed by atoms with E-state index in [1.165, 1.54) is 6.07 Å². The zero-order valence-electron chi connectivity index (χ0n) is 9.47. The Morgan fingerprint density at radius 2 is 2.18 bits per heavy atom. The molecule has 1 aromatic carbocycles. The van der Waals surface area contributed by atoms with E-state index in [-0.39, 0.29) is 17.4 Å². The second-order valence-electron chi connectivity index (χ2n) is 3.66. The molecule has 0 saturated carbocycles. The molecular formula is C11H12BrNO4. The van der Waals surface area contributed by atoms with Crippen LogP contribution in [0.3, 0.4) is 0 Å². The quantitative estimate of drug-likeness (QED) is 0.371. The number of alkyl halides is 1. The number of carbonyl (C=O) groups excluding carboxylic acids is 1. The number of nitro groups is 1. The van der Waals surface area contributed by atoms with Gasteiger partial charge in [-0.25, -0.2) is 4.79 Å². The number of carbonyl (C=O) groups is 1. The molecule has 0 atom stereocenters. The molecule has 0 amide bonds. The molecule has 1 aromatic rings. The highest BCUT2D eigenvalue weighted by Crippen LogP contribution is 2.25. The molecule has 92 valence electrons. The van der Waals surface area contributed by atoms with Gasteiger partial charge in [0.2, 0.25) is 0 Å². The van der Waals surface area contributed by atoms with Gasteiger partial charge in [0.25, 0.3) is 5.69 Å². The Hall–Kier alpha value is -1.43. The molecule has 0 radical (unpaired) electrons. The highest BCUT2D eigenvalue weighted by Gasteiger charge is 2.25. The van der Waals surface area contributed by atoms with Gasteiger partial charge < -0.3 is 4.74 Å². The van der Waals surface area contributed by atoms with Crippen LogP contribution in [0.4, 0.5) is 5.69 Å². The number of ether oxygens (including phenoxy) is 1. The topological polar surface area (TPSA) is 69.4 Å². The summed E-state index contributed by atoms with van der Waals surface area (Å²) in [5.41, 5.74) is 0.334. The third kappa shape index (κ3) is 3.26. The van der Waals surface area contributed by atoms with Crippen LogP contribution in [0.1, 0.15) is 29.8 Å². The van der Waals surface area contributed by atoms with Crippen molar-refractivity contribution in [3.05, 3.63) is 39.4 Å². The highest BCUT2D eigenvalue weighted by molar-refractivity contribution is 9.08. The minimum absolute atomic E-state index is 0.0167.